The molecule has 0 aromatic heterocycles. The van der Waals surface area contributed by atoms with Gasteiger partial charge in [-0.25, -0.2) is 0 Å². The number of carbonyl (C=O) groups is 2. The van der Waals surface area contributed by atoms with E-state index in [0.717, 1.165) is 5.56 Å². The van der Waals surface area contributed by atoms with E-state index in [4.69, 9.17) is 0 Å². The van der Waals surface area contributed by atoms with E-state index in [1.54, 1.807) is 61.5 Å². The summed E-state index contributed by atoms with van der Waals surface area (Å²) < 4.78 is 0. The van der Waals surface area contributed by atoms with E-state index in [-0.39, 0.29) is 22.9 Å². The molecule has 1 N–H and O–H groups in total. The first-order chi connectivity index (χ1) is 12.6. The molecule has 0 bridgehead atoms. The number of carbonyl (C=O) groups excluding carboxylic acids is 2. The lowest BCUT2D eigenvalue weighted by molar-refractivity contribution is 0.0979. The molecule has 0 spiro atoms. The second-order valence-corrected chi connectivity index (χ2v) is 6.07. The third-order valence-corrected chi connectivity index (χ3v) is 4.38. The highest BCUT2D eigenvalue weighted by molar-refractivity contribution is 6.29. The van der Waals surface area contributed by atoms with Crippen molar-refractivity contribution in [1.82, 2.24) is 0 Å². The Morgan fingerprint density at radius 3 is 2.12 bits per heavy atom. The highest BCUT2D eigenvalue weighted by atomic mass is 16.3. The summed E-state index contributed by atoms with van der Waals surface area (Å²) >= 11 is 0. The van der Waals surface area contributed by atoms with Crippen LogP contribution >= 0.6 is 0 Å². The maximum atomic E-state index is 12.9. The number of azo groups is 1. The number of nitrogens with zero attached hydrogens (tertiary/aromatic N) is 2. The van der Waals surface area contributed by atoms with Crippen LogP contribution < -0.4 is 0 Å². The van der Waals surface area contributed by atoms with E-state index in [1.165, 1.54) is 6.07 Å². The van der Waals surface area contributed by atoms with Crippen LogP contribution in [0.15, 0.2) is 70.9 Å². The Bertz CT molecular complexity index is 1100. The number of phenolic OH excluding ortho intramolecular Hbond substituents is 1. The largest absolute Gasteiger partial charge is 0.508 e. The predicted octanol–water partition coefficient (Wildman–Crippen LogP) is 4.89. The van der Waals surface area contributed by atoms with Gasteiger partial charge < -0.3 is 5.11 Å². The van der Waals surface area contributed by atoms with Crippen LogP contribution in [0, 0.1) is 6.92 Å². The Kier molecular flexibility index (Phi) is 3.69. The summed E-state index contributed by atoms with van der Waals surface area (Å²) in [5.74, 6) is -0.267. The van der Waals surface area contributed by atoms with Crippen LogP contribution in [0.5, 0.6) is 5.75 Å². The van der Waals surface area contributed by atoms with Gasteiger partial charge in [0.15, 0.2) is 11.6 Å². The van der Waals surface area contributed by atoms with Crippen molar-refractivity contribution in [2.75, 3.05) is 0 Å². The lowest BCUT2D eigenvalue weighted by Gasteiger charge is -2.18. The molecule has 3 aromatic carbocycles. The molecule has 0 amide bonds. The summed E-state index contributed by atoms with van der Waals surface area (Å²) in [7, 11) is 0. The summed E-state index contributed by atoms with van der Waals surface area (Å²) in [4.78, 5) is 25.6. The zero-order chi connectivity index (χ0) is 18.3. The van der Waals surface area contributed by atoms with Gasteiger partial charge in [0.25, 0.3) is 0 Å². The highest BCUT2D eigenvalue weighted by Gasteiger charge is 2.31. The molecule has 5 nitrogen and oxygen atoms in total. The van der Waals surface area contributed by atoms with Crippen molar-refractivity contribution < 1.29 is 14.7 Å². The minimum Gasteiger partial charge on any atom is -0.508 e. The Morgan fingerprint density at radius 1 is 0.731 bits per heavy atom. The molecule has 5 heteroatoms. The molecular weight excluding hydrogens is 328 g/mol. The van der Waals surface area contributed by atoms with Crippen molar-refractivity contribution in [1.29, 1.82) is 0 Å². The van der Waals surface area contributed by atoms with Crippen LogP contribution in [-0.4, -0.2) is 16.7 Å². The van der Waals surface area contributed by atoms with Crippen molar-refractivity contribution in [3.63, 3.8) is 0 Å². The van der Waals surface area contributed by atoms with Gasteiger partial charge in [-0.3, -0.25) is 9.59 Å². The number of aryl methyl sites for hydroxylation is 1. The maximum absolute atomic E-state index is 12.9. The number of hydrogen-bond acceptors (Lipinski definition) is 5. The molecule has 0 aliphatic heterocycles. The molecule has 0 saturated heterocycles. The summed E-state index contributed by atoms with van der Waals surface area (Å²) in [5.41, 5.74) is 3.09. The Hall–Kier alpha value is -3.60. The summed E-state index contributed by atoms with van der Waals surface area (Å²) in [5, 5.41) is 17.9. The van der Waals surface area contributed by atoms with Gasteiger partial charge in [0, 0.05) is 16.7 Å². The number of hydrogen-bond donors (Lipinski definition) is 1. The van der Waals surface area contributed by atoms with Crippen LogP contribution in [0.2, 0.25) is 0 Å². The van der Waals surface area contributed by atoms with Crippen molar-refractivity contribution in [3.05, 3.63) is 88.5 Å². The van der Waals surface area contributed by atoms with Crippen molar-refractivity contribution in [2.45, 2.75) is 6.92 Å². The van der Waals surface area contributed by atoms with Crippen molar-refractivity contribution in [2.24, 2.45) is 10.2 Å². The standard InChI is InChI=1S/C21H14N2O3/c1-12-11-13(24)9-10-17(12)22-23-18-8-4-7-16-19(18)21(26)15-6-3-2-5-14(15)20(16)25/h2-11,24H,1H3. The first-order valence-corrected chi connectivity index (χ1v) is 8.09. The van der Waals surface area contributed by atoms with Crippen LogP contribution in [0.1, 0.15) is 37.4 Å². The van der Waals surface area contributed by atoms with Crippen molar-refractivity contribution in [3.8, 4) is 5.75 Å². The van der Waals surface area contributed by atoms with Gasteiger partial charge in [-0.15, -0.1) is 5.11 Å². The highest BCUT2D eigenvalue weighted by Crippen LogP contribution is 2.34. The molecular formula is C21H14N2O3. The Labute approximate surface area is 149 Å². The molecule has 0 atom stereocenters. The van der Waals surface area contributed by atoms with E-state index in [9.17, 15) is 14.7 Å². The fraction of sp³-hybridized carbons (Fsp3) is 0.0476. The topological polar surface area (TPSA) is 79.1 Å². The summed E-state index contributed by atoms with van der Waals surface area (Å²) in [6, 6.07) is 16.5. The molecule has 3 aromatic rings. The SMILES string of the molecule is Cc1cc(O)ccc1N=Nc1cccc2c1C(=O)c1ccccc1C2=O. The number of benzene rings is 3. The minimum absolute atomic E-state index is 0.149. The lowest BCUT2D eigenvalue weighted by atomic mass is 9.83. The van der Waals surface area contributed by atoms with E-state index in [1.807, 2.05) is 0 Å². The summed E-state index contributed by atoms with van der Waals surface area (Å²) in [6.45, 7) is 1.81. The monoisotopic (exact) mass is 342 g/mol. The number of ketones is 2. The molecule has 1 aliphatic carbocycles. The zero-order valence-corrected chi connectivity index (χ0v) is 13.9. The quantitative estimate of drug-likeness (QED) is 0.527. The fourth-order valence-electron chi connectivity index (χ4n) is 3.07. The van der Waals surface area contributed by atoms with Crippen LogP contribution in [0.4, 0.5) is 11.4 Å². The number of aromatic hydroxyl groups is 1. The van der Waals surface area contributed by atoms with E-state index in [2.05, 4.69) is 10.2 Å². The van der Waals surface area contributed by atoms with Gasteiger partial charge >= 0.3 is 0 Å². The fourth-order valence-corrected chi connectivity index (χ4v) is 3.07. The molecule has 0 heterocycles. The summed E-state index contributed by atoms with van der Waals surface area (Å²) in [6.07, 6.45) is 0. The number of rotatable bonds is 2. The lowest BCUT2D eigenvalue weighted by Crippen LogP contribution is -2.20. The van der Waals surface area contributed by atoms with Gasteiger partial charge in [0.2, 0.25) is 0 Å². The minimum atomic E-state index is -0.229. The number of fused-ring (bicyclic) bond motifs is 2. The third kappa shape index (κ3) is 2.50. The van der Waals surface area contributed by atoms with E-state index in [0.29, 0.717) is 28.1 Å². The second kappa shape index (κ2) is 6.04. The van der Waals surface area contributed by atoms with Gasteiger partial charge in [0.1, 0.15) is 5.75 Å². The predicted molar refractivity (Wildman–Crippen MR) is 96.8 cm³/mol. The molecule has 4 rings (SSSR count). The van der Waals surface area contributed by atoms with E-state index >= 15 is 0 Å². The van der Waals surface area contributed by atoms with Crippen LogP contribution in [0.3, 0.4) is 0 Å². The first-order valence-electron chi connectivity index (χ1n) is 8.09. The number of phenols is 1. The van der Waals surface area contributed by atoms with Gasteiger partial charge in [-0.1, -0.05) is 36.4 Å². The molecule has 126 valence electrons. The van der Waals surface area contributed by atoms with Crippen molar-refractivity contribution >= 4 is 22.9 Å². The van der Waals surface area contributed by atoms with E-state index < -0.39 is 0 Å². The molecule has 1 aliphatic rings. The van der Waals surface area contributed by atoms with Gasteiger partial charge in [-0.05, 0) is 36.8 Å². The van der Waals surface area contributed by atoms with Crippen LogP contribution in [0.25, 0.3) is 0 Å². The molecule has 0 saturated carbocycles. The second-order valence-electron chi connectivity index (χ2n) is 6.07. The normalized spacial score (nSPS) is 13.0. The first kappa shape index (κ1) is 15.9. The maximum Gasteiger partial charge on any atom is 0.196 e. The third-order valence-electron chi connectivity index (χ3n) is 4.38. The zero-order valence-electron chi connectivity index (χ0n) is 13.9. The van der Waals surface area contributed by atoms with Gasteiger partial charge in [-0.2, -0.15) is 5.11 Å². The van der Waals surface area contributed by atoms with Crippen LogP contribution in [-0.2, 0) is 0 Å². The Balaban J connectivity index is 1.82. The molecule has 0 unspecified atom stereocenters. The Morgan fingerprint density at radius 2 is 1.38 bits per heavy atom. The molecule has 26 heavy (non-hydrogen) atoms. The smallest absolute Gasteiger partial charge is 0.196 e. The molecule has 0 fully saturated rings. The average molecular weight is 342 g/mol. The van der Waals surface area contributed by atoms with Gasteiger partial charge in [0.05, 0.1) is 16.9 Å². The molecule has 0 radical (unpaired) electrons. The average Bonchev–Trinajstić information content (AvgIpc) is 2.65.